The van der Waals surface area contributed by atoms with Gasteiger partial charge in [-0.3, -0.25) is 4.68 Å². The Hall–Kier alpha value is -0.840. The first-order valence-electron chi connectivity index (χ1n) is 4.63. The van der Waals surface area contributed by atoms with E-state index in [-0.39, 0.29) is 11.0 Å². The van der Waals surface area contributed by atoms with E-state index in [1.54, 1.807) is 24.7 Å². The predicted octanol–water partition coefficient (Wildman–Crippen LogP) is 1.01. The molecule has 0 aliphatic rings. The second-order valence-electron chi connectivity index (χ2n) is 3.61. The molecule has 0 aliphatic heterocycles. The van der Waals surface area contributed by atoms with Crippen LogP contribution in [0.3, 0.4) is 0 Å². The molecular formula is C9H16N2O2S. The monoisotopic (exact) mass is 216 g/mol. The summed E-state index contributed by atoms with van der Waals surface area (Å²) in [6.45, 7) is 5.75. The molecule has 1 aromatic heterocycles. The molecule has 0 unspecified atom stereocenters. The van der Waals surface area contributed by atoms with Gasteiger partial charge in [0.05, 0.1) is 17.5 Å². The molecule has 4 nitrogen and oxygen atoms in total. The topological polar surface area (TPSA) is 52.0 Å². The number of hydrogen-bond acceptors (Lipinski definition) is 3. The normalized spacial score (nSPS) is 12.3. The van der Waals surface area contributed by atoms with Crippen molar-refractivity contribution in [2.45, 2.75) is 32.6 Å². The highest BCUT2D eigenvalue weighted by Crippen LogP contribution is 2.03. The Kier molecular flexibility index (Phi) is 3.31. The van der Waals surface area contributed by atoms with Crippen molar-refractivity contribution >= 4 is 9.84 Å². The first-order chi connectivity index (χ1) is 6.43. The minimum atomic E-state index is -2.95. The second kappa shape index (κ2) is 4.13. The van der Waals surface area contributed by atoms with Crippen LogP contribution in [0.4, 0.5) is 0 Å². The van der Waals surface area contributed by atoms with Gasteiger partial charge < -0.3 is 0 Å². The molecule has 1 rings (SSSR count). The molecule has 1 heterocycles. The summed E-state index contributed by atoms with van der Waals surface area (Å²) in [6, 6.07) is 1.86. The molecular weight excluding hydrogens is 200 g/mol. The lowest BCUT2D eigenvalue weighted by atomic mass is 10.5. The van der Waals surface area contributed by atoms with Crippen molar-refractivity contribution in [3.05, 3.63) is 18.0 Å². The van der Waals surface area contributed by atoms with Crippen LogP contribution >= 0.6 is 0 Å². The van der Waals surface area contributed by atoms with E-state index in [1.807, 2.05) is 13.0 Å². The zero-order valence-electron chi connectivity index (χ0n) is 8.77. The molecule has 0 radical (unpaired) electrons. The predicted molar refractivity (Wildman–Crippen MR) is 55.9 cm³/mol. The highest BCUT2D eigenvalue weighted by molar-refractivity contribution is 7.91. The molecule has 0 saturated heterocycles. The summed E-state index contributed by atoms with van der Waals surface area (Å²) in [5.41, 5.74) is 0.990. The van der Waals surface area contributed by atoms with Crippen molar-refractivity contribution in [2.24, 2.45) is 0 Å². The third kappa shape index (κ3) is 2.57. The highest BCUT2D eigenvalue weighted by Gasteiger charge is 2.15. The average Bonchev–Trinajstić information content (AvgIpc) is 2.47. The van der Waals surface area contributed by atoms with E-state index in [0.717, 1.165) is 5.69 Å². The lowest BCUT2D eigenvalue weighted by Gasteiger charge is -2.08. The summed E-state index contributed by atoms with van der Waals surface area (Å²) in [5, 5.41) is 3.72. The van der Waals surface area contributed by atoms with Crippen LogP contribution < -0.4 is 0 Å². The molecule has 0 atom stereocenters. The summed E-state index contributed by atoms with van der Waals surface area (Å²) in [7, 11) is -2.95. The van der Waals surface area contributed by atoms with E-state index >= 15 is 0 Å². The van der Waals surface area contributed by atoms with Gasteiger partial charge in [0.1, 0.15) is 0 Å². The number of nitrogens with zero attached hydrogens (tertiary/aromatic N) is 2. The van der Waals surface area contributed by atoms with Crippen molar-refractivity contribution < 1.29 is 8.42 Å². The summed E-state index contributed by atoms with van der Waals surface area (Å²) in [4.78, 5) is 0. The van der Waals surface area contributed by atoms with Crippen LogP contribution in [0.2, 0.25) is 0 Å². The van der Waals surface area contributed by atoms with Gasteiger partial charge in [-0.1, -0.05) is 0 Å². The maximum absolute atomic E-state index is 11.5. The van der Waals surface area contributed by atoms with Gasteiger partial charge in [-0.2, -0.15) is 5.10 Å². The number of rotatable bonds is 4. The van der Waals surface area contributed by atoms with Crippen LogP contribution in [-0.2, 0) is 16.4 Å². The van der Waals surface area contributed by atoms with Crippen LogP contribution in [-0.4, -0.2) is 29.2 Å². The zero-order valence-corrected chi connectivity index (χ0v) is 9.58. The number of aryl methyl sites for hydroxylation is 2. The van der Waals surface area contributed by atoms with E-state index in [0.29, 0.717) is 6.54 Å². The van der Waals surface area contributed by atoms with Gasteiger partial charge in [0, 0.05) is 11.9 Å². The number of sulfone groups is 1. The smallest absolute Gasteiger partial charge is 0.154 e. The summed E-state index contributed by atoms with van der Waals surface area (Å²) in [6.07, 6.45) is 1.68. The van der Waals surface area contributed by atoms with E-state index < -0.39 is 9.84 Å². The molecule has 0 bridgehead atoms. The van der Waals surface area contributed by atoms with Crippen molar-refractivity contribution in [3.63, 3.8) is 0 Å². The zero-order chi connectivity index (χ0) is 10.8. The minimum absolute atomic E-state index is 0.160. The minimum Gasteiger partial charge on any atom is -0.269 e. The molecule has 0 saturated carbocycles. The fourth-order valence-electron chi connectivity index (χ4n) is 1.08. The third-order valence-electron chi connectivity index (χ3n) is 2.23. The SMILES string of the molecule is Cc1ccnn1CCS(=O)(=O)C(C)C. The molecule has 0 aliphatic carbocycles. The maximum Gasteiger partial charge on any atom is 0.154 e. The Morgan fingerprint density at radius 3 is 2.57 bits per heavy atom. The Bertz CT molecular complexity index is 393. The van der Waals surface area contributed by atoms with Crippen molar-refractivity contribution in [1.82, 2.24) is 9.78 Å². The average molecular weight is 216 g/mol. The van der Waals surface area contributed by atoms with Crippen molar-refractivity contribution in [3.8, 4) is 0 Å². The Morgan fingerprint density at radius 2 is 2.14 bits per heavy atom. The van der Waals surface area contributed by atoms with Gasteiger partial charge in [0.15, 0.2) is 9.84 Å². The summed E-state index contributed by atoms with van der Waals surface area (Å²) in [5.74, 6) is 0.160. The van der Waals surface area contributed by atoms with Gasteiger partial charge in [0.25, 0.3) is 0 Å². The first kappa shape index (κ1) is 11.2. The van der Waals surface area contributed by atoms with E-state index in [4.69, 9.17) is 0 Å². The number of hydrogen-bond donors (Lipinski definition) is 0. The lowest BCUT2D eigenvalue weighted by Crippen LogP contribution is -2.21. The molecule has 0 fully saturated rings. The molecule has 1 aromatic rings. The van der Waals surface area contributed by atoms with E-state index in [1.165, 1.54) is 0 Å². The van der Waals surface area contributed by atoms with Gasteiger partial charge >= 0.3 is 0 Å². The number of aromatic nitrogens is 2. The Balaban J connectivity index is 2.62. The molecule has 80 valence electrons. The van der Waals surface area contributed by atoms with Gasteiger partial charge in [-0.25, -0.2) is 8.42 Å². The molecule has 0 aromatic carbocycles. The first-order valence-corrected chi connectivity index (χ1v) is 6.35. The molecule has 0 N–H and O–H groups in total. The summed E-state index contributed by atoms with van der Waals surface area (Å²) < 4.78 is 24.7. The van der Waals surface area contributed by atoms with Gasteiger partial charge in [-0.15, -0.1) is 0 Å². The largest absolute Gasteiger partial charge is 0.269 e. The Morgan fingerprint density at radius 1 is 1.50 bits per heavy atom. The van der Waals surface area contributed by atoms with Crippen LogP contribution in [0, 0.1) is 6.92 Å². The van der Waals surface area contributed by atoms with Crippen LogP contribution in [0.25, 0.3) is 0 Å². The van der Waals surface area contributed by atoms with Crippen molar-refractivity contribution in [1.29, 1.82) is 0 Å². The molecule has 0 spiro atoms. The second-order valence-corrected chi connectivity index (χ2v) is 6.29. The maximum atomic E-state index is 11.5. The van der Waals surface area contributed by atoms with Crippen LogP contribution in [0.15, 0.2) is 12.3 Å². The van der Waals surface area contributed by atoms with Gasteiger partial charge in [-0.05, 0) is 26.8 Å². The summed E-state index contributed by atoms with van der Waals surface area (Å²) >= 11 is 0. The highest BCUT2D eigenvalue weighted by atomic mass is 32.2. The fourth-order valence-corrected chi connectivity index (χ4v) is 1.98. The molecule has 0 amide bonds. The van der Waals surface area contributed by atoms with E-state index in [9.17, 15) is 8.42 Å². The van der Waals surface area contributed by atoms with Crippen molar-refractivity contribution in [2.75, 3.05) is 5.75 Å². The molecule has 5 heteroatoms. The lowest BCUT2D eigenvalue weighted by molar-refractivity contribution is 0.570. The van der Waals surface area contributed by atoms with Crippen LogP contribution in [0.1, 0.15) is 19.5 Å². The quantitative estimate of drug-likeness (QED) is 0.755. The molecule has 14 heavy (non-hydrogen) atoms. The Labute approximate surface area is 84.9 Å². The fraction of sp³-hybridized carbons (Fsp3) is 0.667. The van der Waals surface area contributed by atoms with E-state index in [2.05, 4.69) is 5.10 Å². The third-order valence-corrected chi connectivity index (χ3v) is 4.42. The van der Waals surface area contributed by atoms with Crippen LogP contribution in [0.5, 0.6) is 0 Å². The standard InChI is InChI=1S/C9H16N2O2S/c1-8(2)14(12,13)7-6-11-9(3)4-5-10-11/h4-5,8H,6-7H2,1-3H3. The van der Waals surface area contributed by atoms with Gasteiger partial charge in [0.2, 0.25) is 0 Å².